The first-order chi connectivity index (χ1) is 8.69. The van der Waals surface area contributed by atoms with Gasteiger partial charge in [-0.1, -0.05) is 0 Å². The van der Waals surface area contributed by atoms with Crippen molar-refractivity contribution in [3.05, 3.63) is 35.9 Å². The summed E-state index contributed by atoms with van der Waals surface area (Å²) in [4.78, 5) is 21.2. The molecule has 0 saturated heterocycles. The van der Waals surface area contributed by atoms with Crippen LogP contribution in [0.5, 0.6) is 0 Å². The average molecular weight is 270 g/mol. The van der Waals surface area contributed by atoms with E-state index in [1.165, 1.54) is 39.0 Å². The predicted octanol–water partition coefficient (Wildman–Crippen LogP) is -0.432. The highest BCUT2D eigenvalue weighted by atomic mass is 16.5. The Morgan fingerprint density at radius 2 is 1.32 bits per heavy atom. The summed E-state index contributed by atoms with van der Waals surface area (Å²) >= 11 is 0. The molecular weight excluding hydrogens is 256 g/mol. The molecule has 0 fully saturated rings. The molecule has 2 aromatic heterocycles. The van der Waals surface area contributed by atoms with Gasteiger partial charge in [0.1, 0.15) is 0 Å². The average Bonchev–Trinajstić information content (AvgIpc) is 3.09. The van der Waals surface area contributed by atoms with Crippen LogP contribution in [0.2, 0.25) is 0 Å². The van der Waals surface area contributed by atoms with Crippen molar-refractivity contribution in [3.8, 4) is 0 Å². The summed E-state index contributed by atoms with van der Waals surface area (Å²) in [5.74, 6) is -0.743. The van der Waals surface area contributed by atoms with Crippen LogP contribution in [-0.2, 0) is 9.47 Å². The summed E-state index contributed by atoms with van der Waals surface area (Å²) in [6, 6.07) is 0. The van der Waals surface area contributed by atoms with Crippen molar-refractivity contribution in [1.82, 2.24) is 20.4 Å². The summed E-state index contributed by atoms with van der Waals surface area (Å²) in [5.41, 5.74) is 0.884. The van der Waals surface area contributed by atoms with Crippen molar-refractivity contribution in [1.29, 1.82) is 0 Å². The van der Waals surface area contributed by atoms with Crippen molar-refractivity contribution in [3.63, 3.8) is 0 Å². The number of aromatic amines is 2. The van der Waals surface area contributed by atoms with Gasteiger partial charge >= 0.3 is 11.9 Å². The van der Waals surface area contributed by atoms with Gasteiger partial charge in [-0.3, -0.25) is 10.2 Å². The van der Waals surface area contributed by atoms with Gasteiger partial charge in [-0.15, -0.1) is 0 Å². The molecule has 104 valence electrons. The van der Waals surface area contributed by atoms with E-state index in [2.05, 4.69) is 29.9 Å². The molecule has 0 aliphatic heterocycles. The maximum atomic E-state index is 10.6. The quantitative estimate of drug-likeness (QED) is 0.709. The number of methoxy groups -OCH3 is 2. The molecule has 2 heterocycles. The molecule has 2 aromatic rings. The van der Waals surface area contributed by atoms with Gasteiger partial charge < -0.3 is 14.9 Å². The Morgan fingerprint density at radius 1 is 0.947 bits per heavy atom. The van der Waals surface area contributed by atoms with E-state index < -0.39 is 0 Å². The maximum Gasteiger partial charge on any atom is 0.341 e. The number of ether oxygens (including phenoxy) is 2. The van der Waals surface area contributed by atoms with E-state index >= 15 is 0 Å². The first-order valence-corrected chi connectivity index (χ1v) is 4.83. The Hall–Kier alpha value is -2.68. The minimum absolute atomic E-state index is 0. The molecule has 4 N–H and O–H groups in total. The third-order valence-corrected chi connectivity index (χ3v) is 1.84. The smallest absolute Gasteiger partial charge is 0.341 e. The largest absolute Gasteiger partial charge is 0.465 e. The fourth-order valence-electron chi connectivity index (χ4n) is 0.961. The Bertz CT molecular complexity index is 434. The topological polar surface area (TPSA) is 141 Å². The molecular formula is C10H14N4O5. The van der Waals surface area contributed by atoms with Gasteiger partial charge in [0.05, 0.1) is 37.7 Å². The summed E-state index contributed by atoms with van der Waals surface area (Å²) < 4.78 is 8.79. The highest BCUT2D eigenvalue weighted by Gasteiger charge is 2.04. The van der Waals surface area contributed by atoms with Crippen LogP contribution in [0.25, 0.3) is 0 Å². The zero-order chi connectivity index (χ0) is 13.4. The van der Waals surface area contributed by atoms with Crippen molar-refractivity contribution < 1.29 is 24.5 Å². The van der Waals surface area contributed by atoms with Gasteiger partial charge in [-0.25, -0.2) is 9.59 Å². The third-order valence-electron chi connectivity index (χ3n) is 1.84. The number of H-pyrrole nitrogens is 2. The fourth-order valence-corrected chi connectivity index (χ4v) is 0.961. The van der Waals surface area contributed by atoms with Crippen LogP contribution < -0.4 is 0 Å². The van der Waals surface area contributed by atoms with E-state index in [0.717, 1.165) is 0 Å². The van der Waals surface area contributed by atoms with Gasteiger partial charge in [-0.05, 0) is 0 Å². The van der Waals surface area contributed by atoms with E-state index in [0.29, 0.717) is 11.1 Å². The molecule has 19 heavy (non-hydrogen) atoms. The van der Waals surface area contributed by atoms with E-state index in [4.69, 9.17) is 0 Å². The lowest BCUT2D eigenvalue weighted by Gasteiger charge is -1.89. The SMILES string of the molecule is COC(=O)c1cn[nH]c1.COC(=O)c1cn[nH]c1.O. The molecule has 2 rings (SSSR count). The minimum Gasteiger partial charge on any atom is -0.465 e. The zero-order valence-corrected chi connectivity index (χ0v) is 10.3. The lowest BCUT2D eigenvalue weighted by molar-refractivity contribution is 0.0592. The standard InChI is InChI=1S/2C5H6N2O2.H2O/c2*1-9-5(8)4-2-6-7-3-4;/h2*2-3H,1H3,(H,6,7);1H2. The van der Waals surface area contributed by atoms with E-state index in [1.807, 2.05) is 0 Å². The third kappa shape index (κ3) is 5.00. The van der Waals surface area contributed by atoms with Crippen LogP contribution in [0.3, 0.4) is 0 Å². The van der Waals surface area contributed by atoms with Gasteiger partial charge in [0, 0.05) is 12.4 Å². The number of nitrogens with zero attached hydrogens (tertiary/aromatic N) is 2. The van der Waals surface area contributed by atoms with Crippen molar-refractivity contribution in [2.45, 2.75) is 0 Å². The highest BCUT2D eigenvalue weighted by Crippen LogP contribution is 1.94. The van der Waals surface area contributed by atoms with Crippen molar-refractivity contribution >= 4 is 11.9 Å². The van der Waals surface area contributed by atoms with Crippen molar-refractivity contribution in [2.24, 2.45) is 0 Å². The minimum atomic E-state index is -0.372. The second kappa shape index (κ2) is 8.42. The molecule has 0 atom stereocenters. The molecule has 0 aliphatic carbocycles. The molecule has 0 saturated carbocycles. The number of carbonyl (C=O) groups excluding carboxylic acids is 2. The van der Waals surface area contributed by atoms with E-state index in [9.17, 15) is 9.59 Å². The Labute approximate surface area is 108 Å². The normalized spacial score (nSPS) is 8.53. The number of carbonyl (C=O) groups is 2. The number of nitrogens with one attached hydrogen (secondary N) is 2. The van der Waals surface area contributed by atoms with Crippen LogP contribution in [-0.4, -0.2) is 52.0 Å². The molecule has 0 amide bonds. The molecule has 0 radical (unpaired) electrons. The van der Waals surface area contributed by atoms with Gasteiger partial charge in [0.25, 0.3) is 0 Å². The summed E-state index contributed by atoms with van der Waals surface area (Å²) in [5, 5.41) is 12.1. The van der Waals surface area contributed by atoms with Gasteiger partial charge in [0.2, 0.25) is 0 Å². The van der Waals surface area contributed by atoms with E-state index in [1.54, 1.807) is 0 Å². The van der Waals surface area contributed by atoms with Crippen LogP contribution in [0.15, 0.2) is 24.8 Å². The highest BCUT2D eigenvalue weighted by molar-refractivity contribution is 5.88. The Kier molecular flexibility index (Phi) is 7.23. The first-order valence-electron chi connectivity index (χ1n) is 4.83. The predicted molar refractivity (Wildman–Crippen MR) is 63.5 cm³/mol. The second-order valence-electron chi connectivity index (χ2n) is 2.96. The zero-order valence-electron chi connectivity index (χ0n) is 10.3. The fraction of sp³-hybridized carbons (Fsp3) is 0.200. The number of rotatable bonds is 2. The molecule has 0 spiro atoms. The lowest BCUT2D eigenvalue weighted by atomic mass is 10.4. The van der Waals surface area contributed by atoms with Crippen LogP contribution >= 0.6 is 0 Å². The molecule has 0 aliphatic rings. The van der Waals surface area contributed by atoms with Crippen LogP contribution in [0.1, 0.15) is 20.7 Å². The number of aromatic nitrogens is 4. The second-order valence-corrected chi connectivity index (χ2v) is 2.96. The van der Waals surface area contributed by atoms with Gasteiger partial charge in [-0.2, -0.15) is 10.2 Å². The van der Waals surface area contributed by atoms with E-state index in [-0.39, 0.29) is 17.4 Å². The maximum absolute atomic E-state index is 10.6. The monoisotopic (exact) mass is 270 g/mol. The number of hydrogen-bond donors (Lipinski definition) is 2. The van der Waals surface area contributed by atoms with Crippen LogP contribution in [0.4, 0.5) is 0 Å². The van der Waals surface area contributed by atoms with Crippen molar-refractivity contribution in [2.75, 3.05) is 14.2 Å². The number of hydrogen-bond acceptors (Lipinski definition) is 6. The lowest BCUT2D eigenvalue weighted by Crippen LogP contribution is -1.98. The summed E-state index contributed by atoms with van der Waals surface area (Å²) in [7, 11) is 2.66. The first kappa shape index (κ1) is 16.3. The molecule has 0 unspecified atom stereocenters. The summed E-state index contributed by atoms with van der Waals surface area (Å²) in [6.07, 6.45) is 5.77. The molecule has 0 aromatic carbocycles. The Morgan fingerprint density at radius 3 is 1.53 bits per heavy atom. The van der Waals surface area contributed by atoms with Gasteiger partial charge in [0.15, 0.2) is 0 Å². The Balaban J connectivity index is 0.000000324. The number of esters is 2. The molecule has 0 bridgehead atoms. The molecule has 9 heteroatoms. The summed E-state index contributed by atoms with van der Waals surface area (Å²) in [6.45, 7) is 0. The van der Waals surface area contributed by atoms with Crippen LogP contribution in [0, 0.1) is 0 Å². The molecule has 9 nitrogen and oxygen atoms in total.